The highest BCUT2D eigenvalue weighted by atomic mass is 16.6. The SMILES string of the molecule is COC(=O)C1C(C)=NC(C)=C(C(=O)OCCOc2ccccc2)C1c1cccc([N+](=O)[O-])c1. The Morgan fingerprint density at radius 2 is 1.79 bits per heavy atom. The van der Waals surface area contributed by atoms with Crippen molar-refractivity contribution in [1.82, 2.24) is 0 Å². The van der Waals surface area contributed by atoms with Gasteiger partial charge in [0.25, 0.3) is 5.69 Å². The molecule has 1 heterocycles. The van der Waals surface area contributed by atoms with Crippen molar-refractivity contribution in [2.24, 2.45) is 10.9 Å². The van der Waals surface area contributed by atoms with Crippen LogP contribution in [-0.4, -0.2) is 42.9 Å². The summed E-state index contributed by atoms with van der Waals surface area (Å²) in [5, 5.41) is 11.3. The van der Waals surface area contributed by atoms with E-state index in [1.807, 2.05) is 18.2 Å². The first kappa shape index (κ1) is 23.6. The summed E-state index contributed by atoms with van der Waals surface area (Å²) in [4.78, 5) is 40.9. The molecule has 2 unspecified atom stereocenters. The zero-order valence-corrected chi connectivity index (χ0v) is 18.5. The number of para-hydroxylation sites is 1. The first-order valence-electron chi connectivity index (χ1n) is 10.3. The highest BCUT2D eigenvalue weighted by Gasteiger charge is 2.42. The number of carbonyl (C=O) groups is 2. The molecule has 33 heavy (non-hydrogen) atoms. The maximum atomic E-state index is 13.1. The maximum Gasteiger partial charge on any atom is 0.336 e. The number of ether oxygens (including phenoxy) is 3. The largest absolute Gasteiger partial charge is 0.490 e. The lowest BCUT2D eigenvalue weighted by Gasteiger charge is -2.31. The number of aliphatic imine (C=N–C) groups is 1. The maximum absolute atomic E-state index is 13.1. The number of methoxy groups -OCH3 is 1. The molecule has 0 saturated carbocycles. The van der Waals surface area contributed by atoms with E-state index in [0.29, 0.717) is 22.7 Å². The van der Waals surface area contributed by atoms with Gasteiger partial charge in [0.1, 0.15) is 24.9 Å². The van der Waals surface area contributed by atoms with Crippen molar-refractivity contribution in [3.05, 3.63) is 81.5 Å². The summed E-state index contributed by atoms with van der Waals surface area (Å²) < 4.78 is 15.9. The molecule has 172 valence electrons. The van der Waals surface area contributed by atoms with Gasteiger partial charge in [0.15, 0.2) is 0 Å². The molecule has 0 amide bonds. The molecule has 2 aromatic carbocycles. The molecule has 0 radical (unpaired) electrons. The zero-order chi connectivity index (χ0) is 24.0. The smallest absolute Gasteiger partial charge is 0.336 e. The molecule has 3 rings (SSSR count). The van der Waals surface area contributed by atoms with Crippen LogP contribution in [0.15, 0.2) is 70.9 Å². The summed E-state index contributed by atoms with van der Waals surface area (Å²) >= 11 is 0. The molecule has 0 saturated heterocycles. The van der Waals surface area contributed by atoms with Gasteiger partial charge < -0.3 is 14.2 Å². The number of nitrogens with zero attached hydrogens (tertiary/aromatic N) is 2. The summed E-state index contributed by atoms with van der Waals surface area (Å²) in [5.41, 5.74) is 1.23. The van der Waals surface area contributed by atoms with Gasteiger partial charge in [-0.25, -0.2) is 4.79 Å². The fourth-order valence-corrected chi connectivity index (χ4v) is 3.81. The molecule has 0 spiro atoms. The van der Waals surface area contributed by atoms with E-state index in [0.717, 1.165) is 0 Å². The van der Waals surface area contributed by atoms with Crippen LogP contribution in [-0.2, 0) is 19.1 Å². The lowest BCUT2D eigenvalue weighted by atomic mass is 9.75. The van der Waals surface area contributed by atoms with Gasteiger partial charge in [0.05, 0.1) is 17.6 Å². The molecule has 9 heteroatoms. The molecular formula is C24H24N2O7. The number of esters is 2. The van der Waals surface area contributed by atoms with Gasteiger partial charge in [-0.1, -0.05) is 30.3 Å². The van der Waals surface area contributed by atoms with Crippen molar-refractivity contribution >= 4 is 23.3 Å². The van der Waals surface area contributed by atoms with E-state index in [2.05, 4.69) is 4.99 Å². The van der Waals surface area contributed by atoms with Crippen molar-refractivity contribution in [2.45, 2.75) is 19.8 Å². The van der Waals surface area contributed by atoms with E-state index >= 15 is 0 Å². The van der Waals surface area contributed by atoms with Crippen LogP contribution in [0.4, 0.5) is 5.69 Å². The fraction of sp³-hybridized carbons (Fsp3) is 0.292. The molecule has 2 atom stereocenters. The van der Waals surface area contributed by atoms with Gasteiger partial charge in [0, 0.05) is 29.5 Å². The van der Waals surface area contributed by atoms with Crippen LogP contribution in [0.5, 0.6) is 5.75 Å². The lowest BCUT2D eigenvalue weighted by Crippen LogP contribution is -2.36. The van der Waals surface area contributed by atoms with Gasteiger partial charge in [-0.3, -0.25) is 19.9 Å². The second-order valence-electron chi connectivity index (χ2n) is 7.38. The molecule has 0 bridgehead atoms. The predicted molar refractivity (Wildman–Crippen MR) is 120 cm³/mol. The van der Waals surface area contributed by atoms with Gasteiger partial charge in [-0.2, -0.15) is 0 Å². The minimum atomic E-state index is -0.927. The van der Waals surface area contributed by atoms with Crippen molar-refractivity contribution in [3.8, 4) is 5.75 Å². The highest BCUT2D eigenvalue weighted by Crippen LogP contribution is 2.40. The van der Waals surface area contributed by atoms with E-state index in [1.165, 1.54) is 25.3 Å². The fourth-order valence-electron chi connectivity index (χ4n) is 3.81. The Labute approximate surface area is 190 Å². The Bertz CT molecular complexity index is 1110. The van der Waals surface area contributed by atoms with Crippen molar-refractivity contribution in [2.75, 3.05) is 20.3 Å². The average Bonchev–Trinajstić information content (AvgIpc) is 2.81. The van der Waals surface area contributed by atoms with Crippen LogP contribution in [0.25, 0.3) is 0 Å². The number of carbonyl (C=O) groups excluding carboxylic acids is 2. The topological polar surface area (TPSA) is 117 Å². The summed E-state index contributed by atoms with van der Waals surface area (Å²) in [6, 6.07) is 14.9. The minimum Gasteiger partial charge on any atom is -0.490 e. The van der Waals surface area contributed by atoms with E-state index in [9.17, 15) is 19.7 Å². The van der Waals surface area contributed by atoms with Crippen molar-refractivity contribution in [3.63, 3.8) is 0 Å². The molecular weight excluding hydrogens is 428 g/mol. The number of hydrogen-bond acceptors (Lipinski definition) is 8. The predicted octanol–water partition coefficient (Wildman–Crippen LogP) is 3.84. The minimum absolute atomic E-state index is 0.0300. The van der Waals surface area contributed by atoms with Crippen LogP contribution < -0.4 is 4.74 Å². The van der Waals surface area contributed by atoms with E-state index in [-0.39, 0.29) is 24.5 Å². The Kier molecular flexibility index (Phi) is 7.55. The number of benzene rings is 2. The summed E-state index contributed by atoms with van der Waals surface area (Å²) in [6.45, 7) is 3.40. The molecule has 0 fully saturated rings. The Balaban J connectivity index is 1.89. The third kappa shape index (κ3) is 5.43. The van der Waals surface area contributed by atoms with Crippen LogP contribution in [0.2, 0.25) is 0 Å². The summed E-state index contributed by atoms with van der Waals surface area (Å²) in [7, 11) is 1.24. The third-order valence-corrected chi connectivity index (χ3v) is 5.27. The van der Waals surface area contributed by atoms with Gasteiger partial charge >= 0.3 is 11.9 Å². The summed E-state index contributed by atoms with van der Waals surface area (Å²) in [6.07, 6.45) is 0. The molecule has 9 nitrogen and oxygen atoms in total. The van der Waals surface area contributed by atoms with E-state index in [4.69, 9.17) is 14.2 Å². The molecule has 2 aromatic rings. The normalized spacial score (nSPS) is 17.7. The standard InChI is InChI=1S/C24H24N2O7/c1-15-20(23(27)31-3)22(17-8-7-9-18(14-17)26(29)30)21(16(2)25-15)24(28)33-13-12-32-19-10-5-4-6-11-19/h4-11,14,20,22H,12-13H2,1-3H3. The quantitative estimate of drug-likeness (QED) is 0.258. The Hall–Kier alpha value is -4.01. The first-order chi connectivity index (χ1) is 15.8. The average molecular weight is 452 g/mol. The molecule has 1 aliphatic heterocycles. The highest BCUT2D eigenvalue weighted by molar-refractivity contribution is 6.07. The van der Waals surface area contributed by atoms with Crippen LogP contribution in [0, 0.1) is 16.0 Å². The molecule has 0 aromatic heterocycles. The van der Waals surface area contributed by atoms with E-state index in [1.54, 1.807) is 32.0 Å². The third-order valence-electron chi connectivity index (χ3n) is 5.27. The summed E-state index contributed by atoms with van der Waals surface area (Å²) in [5.74, 6) is -2.41. The number of hydrogen-bond donors (Lipinski definition) is 0. The second kappa shape index (κ2) is 10.5. The lowest BCUT2D eigenvalue weighted by molar-refractivity contribution is -0.384. The molecule has 0 aliphatic carbocycles. The number of nitro groups is 1. The number of allylic oxidation sites excluding steroid dienone is 1. The first-order valence-corrected chi connectivity index (χ1v) is 10.3. The van der Waals surface area contributed by atoms with Crippen LogP contribution in [0.1, 0.15) is 25.3 Å². The Morgan fingerprint density at radius 1 is 1.06 bits per heavy atom. The second-order valence-corrected chi connectivity index (χ2v) is 7.38. The van der Waals surface area contributed by atoms with E-state index < -0.39 is 28.7 Å². The molecule has 0 N–H and O–H groups in total. The van der Waals surface area contributed by atoms with Crippen LogP contribution in [0.3, 0.4) is 0 Å². The van der Waals surface area contributed by atoms with Crippen molar-refractivity contribution < 1.29 is 28.7 Å². The monoisotopic (exact) mass is 452 g/mol. The van der Waals surface area contributed by atoms with Crippen LogP contribution >= 0.6 is 0 Å². The number of rotatable bonds is 8. The Morgan fingerprint density at radius 3 is 2.45 bits per heavy atom. The van der Waals surface area contributed by atoms with Gasteiger partial charge in [-0.15, -0.1) is 0 Å². The zero-order valence-electron chi connectivity index (χ0n) is 18.5. The number of nitro benzene ring substituents is 1. The van der Waals surface area contributed by atoms with Crippen molar-refractivity contribution in [1.29, 1.82) is 0 Å². The molecule has 1 aliphatic rings. The van der Waals surface area contributed by atoms with Gasteiger partial charge in [0.2, 0.25) is 0 Å². The number of non-ortho nitro benzene ring substituents is 1. The van der Waals surface area contributed by atoms with Gasteiger partial charge in [-0.05, 0) is 31.5 Å².